The van der Waals surface area contributed by atoms with Gasteiger partial charge >= 0.3 is 0 Å². The summed E-state index contributed by atoms with van der Waals surface area (Å²) in [6, 6.07) is 11.2. The molecule has 0 radical (unpaired) electrons. The van der Waals surface area contributed by atoms with Crippen LogP contribution in [0.5, 0.6) is 0 Å². The number of hydrogen-bond donors (Lipinski definition) is 3. The molecule has 36 heavy (non-hydrogen) atoms. The van der Waals surface area contributed by atoms with Gasteiger partial charge in [-0.15, -0.1) is 0 Å². The lowest BCUT2D eigenvalue weighted by Crippen LogP contribution is -2.54. The second-order valence-electron chi connectivity index (χ2n) is 8.58. The number of nitrogens with zero attached hydrogens (tertiary/aromatic N) is 2. The zero-order valence-corrected chi connectivity index (χ0v) is 20.4. The molecule has 2 aromatic rings. The van der Waals surface area contributed by atoms with Gasteiger partial charge in [-0.25, -0.2) is 0 Å². The molecule has 1 fully saturated rings. The molecule has 2 heterocycles. The summed E-state index contributed by atoms with van der Waals surface area (Å²) < 4.78 is 0. The van der Waals surface area contributed by atoms with E-state index >= 15 is 0 Å². The number of piperidine rings is 1. The molecule has 0 bridgehead atoms. The summed E-state index contributed by atoms with van der Waals surface area (Å²) in [6.45, 7) is 1.93. The summed E-state index contributed by atoms with van der Waals surface area (Å²) in [7, 11) is 1.75. The fraction of sp³-hybridized carbons (Fsp3) is 0.240. The Morgan fingerprint density at radius 2 is 1.92 bits per heavy atom. The predicted molar refractivity (Wildman–Crippen MR) is 134 cm³/mol. The molecule has 0 aliphatic carbocycles. The minimum atomic E-state index is -1.03. The van der Waals surface area contributed by atoms with Gasteiger partial charge in [-0.05, 0) is 49.2 Å². The summed E-state index contributed by atoms with van der Waals surface area (Å²) in [5.41, 5.74) is 2.72. The number of aryl methyl sites for hydroxylation is 1. The van der Waals surface area contributed by atoms with Crippen molar-refractivity contribution in [2.24, 2.45) is 0 Å². The average molecular weight is 510 g/mol. The molecule has 2 aromatic carbocycles. The molecule has 2 aliphatic heterocycles. The van der Waals surface area contributed by atoms with E-state index in [9.17, 15) is 24.0 Å². The summed E-state index contributed by atoms with van der Waals surface area (Å²) >= 11 is 6.12. The second-order valence-corrected chi connectivity index (χ2v) is 8.99. The van der Waals surface area contributed by atoms with Crippen molar-refractivity contribution in [3.05, 3.63) is 64.8 Å². The van der Waals surface area contributed by atoms with Crippen LogP contribution in [0.15, 0.2) is 54.2 Å². The van der Waals surface area contributed by atoms with Crippen molar-refractivity contribution >= 4 is 58.2 Å². The van der Waals surface area contributed by atoms with Crippen molar-refractivity contribution < 1.29 is 24.0 Å². The summed E-state index contributed by atoms with van der Waals surface area (Å²) in [4.78, 5) is 63.9. The van der Waals surface area contributed by atoms with E-state index in [2.05, 4.69) is 16.0 Å². The number of likely N-dealkylation sites (N-methyl/N-ethyl adjacent to an activating group) is 1. The van der Waals surface area contributed by atoms with Crippen LogP contribution in [0.25, 0.3) is 0 Å². The Balaban J connectivity index is 1.39. The quantitative estimate of drug-likeness (QED) is 0.488. The molecule has 186 valence electrons. The van der Waals surface area contributed by atoms with E-state index in [-0.39, 0.29) is 31.0 Å². The fourth-order valence-corrected chi connectivity index (χ4v) is 4.13. The Morgan fingerprint density at radius 1 is 1.14 bits per heavy atom. The molecule has 0 saturated carbocycles. The zero-order valence-electron chi connectivity index (χ0n) is 19.6. The highest BCUT2D eigenvalue weighted by Gasteiger charge is 2.42. The minimum Gasteiger partial charge on any atom is -0.365 e. The van der Waals surface area contributed by atoms with Crippen LogP contribution >= 0.6 is 11.6 Å². The molecule has 0 spiro atoms. The molecular weight excluding hydrogens is 486 g/mol. The van der Waals surface area contributed by atoms with Gasteiger partial charge in [0.05, 0.1) is 6.54 Å². The summed E-state index contributed by atoms with van der Waals surface area (Å²) in [5.74, 6) is -2.62. The van der Waals surface area contributed by atoms with Crippen molar-refractivity contribution in [1.29, 1.82) is 0 Å². The highest BCUT2D eigenvalue weighted by Crippen LogP contribution is 2.25. The van der Waals surface area contributed by atoms with E-state index < -0.39 is 29.7 Å². The van der Waals surface area contributed by atoms with Gasteiger partial charge in [0.15, 0.2) is 0 Å². The maximum absolute atomic E-state index is 12.9. The first kappa shape index (κ1) is 24.9. The minimum absolute atomic E-state index is 0.0125. The first-order valence-corrected chi connectivity index (χ1v) is 11.6. The van der Waals surface area contributed by atoms with E-state index in [0.29, 0.717) is 22.1 Å². The van der Waals surface area contributed by atoms with E-state index in [4.69, 9.17) is 11.6 Å². The first-order valence-electron chi connectivity index (χ1n) is 11.2. The van der Waals surface area contributed by atoms with Crippen molar-refractivity contribution in [2.75, 3.05) is 29.1 Å². The van der Waals surface area contributed by atoms with Crippen LogP contribution in [-0.2, 0) is 24.0 Å². The number of carbonyl (C=O) groups is 5. The third kappa shape index (κ3) is 5.38. The Bertz CT molecular complexity index is 1310. The van der Waals surface area contributed by atoms with Crippen molar-refractivity contribution in [3.8, 4) is 0 Å². The number of anilines is 3. The van der Waals surface area contributed by atoms with Gasteiger partial charge in [-0.3, -0.25) is 34.2 Å². The van der Waals surface area contributed by atoms with Crippen molar-refractivity contribution in [1.82, 2.24) is 10.2 Å². The van der Waals surface area contributed by atoms with Gasteiger partial charge < -0.3 is 15.5 Å². The number of nitrogens with one attached hydrogen (secondary N) is 3. The standard InChI is InChI=1S/C25H24ClN5O5/c1-14-6-7-16(11-18(14)26)28-22(33)13-30(2)17-5-3-4-15(10-17)27-19-12-23(34)31(25(19)36)20-8-9-21(32)29-24(20)35/h3-7,10-12,20,27H,8-9,13H2,1-2H3,(H,28,33)(H,29,32,35). The number of halogens is 1. The molecule has 5 amide bonds. The Kier molecular flexibility index (Phi) is 7.07. The fourth-order valence-electron chi connectivity index (χ4n) is 3.95. The monoisotopic (exact) mass is 509 g/mol. The number of amides is 5. The van der Waals surface area contributed by atoms with Crippen LogP contribution in [0.3, 0.4) is 0 Å². The highest BCUT2D eigenvalue weighted by molar-refractivity contribution is 6.31. The Morgan fingerprint density at radius 3 is 2.64 bits per heavy atom. The lowest BCUT2D eigenvalue weighted by Gasteiger charge is -2.28. The molecule has 0 aromatic heterocycles. The van der Waals surface area contributed by atoms with Crippen molar-refractivity contribution in [2.45, 2.75) is 25.8 Å². The van der Waals surface area contributed by atoms with Gasteiger partial charge in [-0.2, -0.15) is 0 Å². The van der Waals surface area contributed by atoms with E-state index in [1.807, 2.05) is 13.0 Å². The summed E-state index contributed by atoms with van der Waals surface area (Å²) in [5, 5.41) is 8.44. The number of benzene rings is 2. The number of imide groups is 2. The second kappa shape index (κ2) is 10.2. The molecule has 1 saturated heterocycles. The van der Waals surface area contributed by atoms with Crippen LogP contribution in [0, 0.1) is 6.92 Å². The third-order valence-corrected chi connectivity index (χ3v) is 6.29. The highest BCUT2D eigenvalue weighted by atomic mass is 35.5. The van der Waals surface area contributed by atoms with Crippen LogP contribution in [-0.4, -0.2) is 54.1 Å². The van der Waals surface area contributed by atoms with Crippen LogP contribution < -0.4 is 20.9 Å². The first-order chi connectivity index (χ1) is 17.1. The molecule has 11 heteroatoms. The molecule has 4 rings (SSSR count). The smallest absolute Gasteiger partial charge is 0.278 e. The largest absolute Gasteiger partial charge is 0.365 e. The zero-order chi connectivity index (χ0) is 26.0. The van der Waals surface area contributed by atoms with Crippen LogP contribution in [0.4, 0.5) is 17.1 Å². The molecule has 10 nitrogen and oxygen atoms in total. The average Bonchev–Trinajstić information content (AvgIpc) is 3.09. The number of hydrogen-bond acceptors (Lipinski definition) is 7. The van der Waals surface area contributed by atoms with E-state index in [1.165, 1.54) is 0 Å². The van der Waals surface area contributed by atoms with Gasteiger partial charge in [0, 0.05) is 41.6 Å². The predicted octanol–water partition coefficient (Wildman–Crippen LogP) is 2.19. The molecule has 1 unspecified atom stereocenters. The van der Waals surface area contributed by atoms with Gasteiger partial charge in [0.2, 0.25) is 17.7 Å². The Labute approximate surface area is 212 Å². The third-order valence-electron chi connectivity index (χ3n) is 5.88. The van der Waals surface area contributed by atoms with Gasteiger partial charge in [0.1, 0.15) is 11.7 Å². The van der Waals surface area contributed by atoms with Gasteiger partial charge in [0.25, 0.3) is 11.8 Å². The Hall–Kier alpha value is -4.18. The number of carbonyl (C=O) groups excluding carboxylic acids is 5. The molecule has 3 N–H and O–H groups in total. The van der Waals surface area contributed by atoms with E-state index in [0.717, 1.165) is 16.5 Å². The van der Waals surface area contributed by atoms with E-state index in [1.54, 1.807) is 48.3 Å². The summed E-state index contributed by atoms with van der Waals surface area (Å²) in [6.07, 6.45) is 1.26. The maximum Gasteiger partial charge on any atom is 0.278 e. The van der Waals surface area contributed by atoms with Gasteiger partial charge in [-0.1, -0.05) is 23.7 Å². The normalized spacial score (nSPS) is 17.6. The SMILES string of the molecule is Cc1ccc(NC(=O)CN(C)c2cccc(NC3=CC(=O)N(C4CCC(=O)NC4=O)C3=O)c2)cc1Cl. The number of rotatable bonds is 7. The van der Waals surface area contributed by atoms with Crippen LogP contribution in [0.1, 0.15) is 18.4 Å². The van der Waals surface area contributed by atoms with Crippen molar-refractivity contribution in [3.63, 3.8) is 0 Å². The maximum atomic E-state index is 12.9. The topological polar surface area (TPSA) is 128 Å². The lowest BCUT2D eigenvalue weighted by atomic mass is 10.0. The van der Waals surface area contributed by atoms with Crippen LogP contribution in [0.2, 0.25) is 5.02 Å². The molecular formula is C25H24ClN5O5. The lowest BCUT2D eigenvalue weighted by molar-refractivity contribution is -0.149. The molecule has 1 atom stereocenters. The molecule has 2 aliphatic rings.